The first-order chi connectivity index (χ1) is 5.74. The van der Waals surface area contributed by atoms with Crippen molar-refractivity contribution in [1.82, 2.24) is 0 Å². The third-order valence-corrected chi connectivity index (χ3v) is 0.482. The molecule has 0 aliphatic rings. The van der Waals surface area contributed by atoms with Crippen LogP contribution in [-0.2, 0) is 0 Å². The Morgan fingerprint density at radius 1 is 0.833 bits per heavy atom. The molecule has 0 aromatic heterocycles. The molecule has 0 saturated heterocycles. The molecule has 5 nitrogen and oxygen atoms in total. The second-order valence-corrected chi connectivity index (χ2v) is 1.75. The molecular formula is C7H22N2O3. The van der Waals surface area contributed by atoms with Crippen molar-refractivity contribution in [2.24, 2.45) is 11.5 Å². The van der Waals surface area contributed by atoms with E-state index < -0.39 is 0 Å². The third kappa shape index (κ3) is 96.8. The molecule has 0 spiro atoms. The molecular weight excluding hydrogens is 160 g/mol. The van der Waals surface area contributed by atoms with Crippen LogP contribution in [0.1, 0.15) is 13.3 Å². The zero-order valence-electron chi connectivity index (χ0n) is 7.74. The van der Waals surface area contributed by atoms with Gasteiger partial charge in [0.15, 0.2) is 0 Å². The van der Waals surface area contributed by atoms with E-state index in [1.54, 1.807) is 0 Å². The van der Waals surface area contributed by atoms with E-state index in [9.17, 15) is 0 Å². The molecule has 0 heterocycles. The lowest BCUT2D eigenvalue weighted by atomic mass is 10.5. The van der Waals surface area contributed by atoms with Gasteiger partial charge in [0.1, 0.15) is 0 Å². The SMILES string of the molecule is CCCO.NCCO.NCCO. The topological polar surface area (TPSA) is 113 Å². The van der Waals surface area contributed by atoms with Crippen LogP contribution in [0.5, 0.6) is 0 Å². The average Bonchev–Trinajstić information content (AvgIpc) is 2.18. The molecule has 0 unspecified atom stereocenters. The molecule has 0 atom stereocenters. The van der Waals surface area contributed by atoms with E-state index in [1.807, 2.05) is 6.92 Å². The first-order valence-corrected chi connectivity index (χ1v) is 3.97. The highest BCUT2D eigenvalue weighted by atomic mass is 16.3. The van der Waals surface area contributed by atoms with E-state index in [0.29, 0.717) is 19.7 Å². The van der Waals surface area contributed by atoms with Crippen molar-refractivity contribution in [2.75, 3.05) is 32.9 Å². The number of hydrogen-bond acceptors (Lipinski definition) is 5. The Hall–Kier alpha value is -0.200. The highest BCUT2D eigenvalue weighted by Gasteiger charge is 1.57. The molecule has 0 aromatic rings. The summed E-state index contributed by atoms with van der Waals surface area (Å²) in [6.07, 6.45) is 0.875. The molecule has 0 aliphatic carbocycles. The van der Waals surface area contributed by atoms with Gasteiger partial charge in [-0.15, -0.1) is 0 Å². The Bertz CT molecular complexity index is 32.1. The minimum atomic E-state index is 0.0972. The fourth-order valence-corrected chi connectivity index (χ4v) is 0. The molecule has 0 bridgehead atoms. The Morgan fingerprint density at radius 2 is 1.00 bits per heavy atom. The Morgan fingerprint density at radius 3 is 1.00 bits per heavy atom. The van der Waals surface area contributed by atoms with Crippen LogP contribution in [0.2, 0.25) is 0 Å². The van der Waals surface area contributed by atoms with Gasteiger partial charge in [-0.2, -0.15) is 0 Å². The first kappa shape index (κ1) is 17.8. The zero-order valence-corrected chi connectivity index (χ0v) is 7.74. The highest BCUT2D eigenvalue weighted by molar-refractivity contribution is 4.18. The van der Waals surface area contributed by atoms with Crippen LogP contribution in [0.4, 0.5) is 0 Å². The Labute approximate surface area is 74.0 Å². The van der Waals surface area contributed by atoms with E-state index in [2.05, 4.69) is 0 Å². The summed E-state index contributed by atoms with van der Waals surface area (Å²) < 4.78 is 0. The molecule has 5 heteroatoms. The molecule has 0 fully saturated rings. The summed E-state index contributed by atoms with van der Waals surface area (Å²) in [4.78, 5) is 0. The van der Waals surface area contributed by atoms with Gasteiger partial charge in [0, 0.05) is 19.7 Å². The molecule has 78 valence electrons. The van der Waals surface area contributed by atoms with Gasteiger partial charge in [-0.25, -0.2) is 0 Å². The van der Waals surface area contributed by atoms with Crippen LogP contribution in [0.3, 0.4) is 0 Å². The van der Waals surface area contributed by atoms with Crippen molar-refractivity contribution < 1.29 is 15.3 Å². The molecule has 0 radical (unpaired) electrons. The van der Waals surface area contributed by atoms with Gasteiger partial charge in [0.25, 0.3) is 0 Å². The van der Waals surface area contributed by atoms with Gasteiger partial charge < -0.3 is 26.8 Å². The summed E-state index contributed by atoms with van der Waals surface area (Å²) in [6, 6.07) is 0. The summed E-state index contributed by atoms with van der Waals surface area (Å²) in [5, 5.41) is 23.4. The first-order valence-electron chi connectivity index (χ1n) is 3.97. The highest BCUT2D eigenvalue weighted by Crippen LogP contribution is 1.61. The maximum Gasteiger partial charge on any atom is 0.0553 e. The van der Waals surface area contributed by atoms with E-state index in [4.69, 9.17) is 26.8 Å². The zero-order chi connectivity index (χ0) is 10.2. The van der Waals surface area contributed by atoms with Crippen LogP contribution in [0.15, 0.2) is 0 Å². The monoisotopic (exact) mass is 182 g/mol. The van der Waals surface area contributed by atoms with Crippen molar-refractivity contribution >= 4 is 0 Å². The number of aliphatic hydroxyl groups excluding tert-OH is 3. The van der Waals surface area contributed by atoms with Crippen molar-refractivity contribution in [3.63, 3.8) is 0 Å². The van der Waals surface area contributed by atoms with E-state index in [1.165, 1.54) is 0 Å². The number of hydrogen-bond donors (Lipinski definition) is 5. The van der Waals surface area contributed by atoms with Crippen LogP contribution in [0.25, 0.3) is 0 Å². The third-order valence-electron chi connectivity index (χ3n) is 0.482. The van der Waals surface area contributed by atoms with Crippen LogP contribution in [0, 0.1) is 0 Å². The molecule has 7 N–H and O–H groups in total. The largest absolute Gasteiger partial charge is 0.396 e. The summed E-state index contributed by atoms with van der Waals surface area (Å²) in [5.74, 6) is 0. The van der Waals surface area contributed by atoms with Crippen LogP contribution >= 0.6 is 0 Å². The summed E-state index contributed by atoms with van der Waals surface area (Å²) in [6.45, 7) is 3.19. The molecule has 12 heavy (non-hydrogen) atoms. The van der Waals surface area contributed by atoms with Gasteiger partial charge in [-0.1, -0.05) is 6.92 Å². The normalized spacial score (nSPS) is 7.50. The second kappa shape index (κ2) is 30.8. The van der Waals surface area contributed by atoms with Crippen molar-refractivity contribution in [3.05, 3.63) is 0 Å². The second-order valence-electron chi connectivity index (χ2n) is 1.75. The fraction of sp³-hybridized carbons (Fsp3) is 1.00. The quantitative estimate of drug-likeness (QED) is 0.356. The summed E-state index contributed by atoms with van der Waals surface area (Å²) >= 11 is 0. The number of aliphatic hydroxyl groups is 3. The maximum absolute atomic E-state index is 7.88. The molecule has 0 rings (SSSR count). The smallest absolute Gasteiger partial charge is 0.0553 e. The molecule has 0 amide bonds. The lowest BCUT2D eigenvalue weighted by molar-refractivity contribution is 0.295. The number of nitrogens with two attached hydrogens (primary N) is 2. The summed E-state index contributed by atoms with van der Waals surface area (Å²) in [5.41, 5.74) is 9.56. The minimum Gasteiger partial charge on any atom is -0.396 e. The standard InChI is InChI=1S/C3H8O.2C2H7NO/c1-2-3-4;2*3-1-2-4/h4H,2-3H2,1H3;2*4H,1-3H2. The predicted molar refractivity (Wildman–Crippen MR) is 49.7 cm³/mol. The Kier molecular flexibility index (Phi) is 45.7. The van der Waals surface area contributed by atoms with Gasteiger partial charge in [-0.3, -0.25) is 0 Å². The van der Waals surface area contributed by atoms with Crippen molar-refractivity contribution in [1.29, 1.82) is 0 Å². The van der Waals surface area contributed by atoms with Gasteiger partial charge in [-0.05, 0) is 6.42 Å². The van der Waals surface area contributed by atoms with E-state index in [0.717, 1.165) is 6.42 Å². The number of rotatable bonds is 3. The summed E-state index contributed by atoms with van der Waals surface area (Å²) in [7, 11) is 0. The van der Waals surface area contributed by atoms with Crippen LogP contribution in [-0.4, -0.2) is 48.2 Å². The predicted octanol–water partition coefficient (Wildman–Crippen LogP) is -1.74. The average molecular weight is 182 g/mol. The maximum atomic E-state index is 7.88. The van der Waals surface area contributed by atoms with Gasteiger partial charge in [0.05, 0.1) is 13.2 Å². The molecule has 0 aliphatic heterocycles. The van der Waals surface area contributed by atoms with Gasteiger partial charge >= 0.3 is 0 Å². The van der Waals surface area contributed by atoms with Gasteiger partial charge in [0.2, 0.25) is 0 Å². The van der Waals surface area contributed by atoms with E-state index in [-0.39, 0.29) is 13.2 Å². The molecule has 0 saturated carbocycles. The van der Waals surface area contributed by atoms with Crippen molar-refractivity contribution in [2.45, 2.75) is 13.3 Å². The van der Waals surface area contributed by atoms with Crippen molar-refractivity contribution in [3.8, 4) is 0 Å². The molecule has 0 aromatic carbocycles. The van der Waals surface area contributed by atoms with Crippen LogP contribution < -0.4 is 11.5 Å². The fourth-order valence-electron chi connectivity index (χ4n) is 0. The van der Waals surface area contributed by atoms with E-state index >= 15 is 0 Å². The minimum absolute atomic E-state index is 0.0972. The lowest BCUT2D eigenvalue weighted by Gasteiger charge is -1.71. The lowest BCUT2D eigenvalue weighted by Crippen LogP contribution is -2.02. The Balaban J connectivity index is -0.000000101.